The minimum Gasteiger partial charge on any atom is -0.490 e. The van der Waals surface area contributed by atoms with Crippen molar-refractivity contribution in [2.75, 3.05) is 6.54 Å². The summed E-state index contributed by atoms with van der Waals surface area (Å²) in [6.45, 7) is 5.83. The topological polar surface area (TPSA) is 59.6 Å². The van der Waals surface area contributed by atoms with Crippen LogP contribution >= 0.6 is 0 Å². The first kappa shape index (κ1) is 16.7. The van der Waals surface area contributed by atoms with Gasteiger partial charge in [-0.25, -0.2) is 4.99 Å². The minimum absolute atomic E-state index is 0.367. The van der Waals surface area contributed by atoms with Crippen molar-refractivity contribution in [3.63, 3.8) is 0 Å². The van der Waals surface area contributed by atoms with Crippen LogP contribution in [-0.2, 0) is 6.54 Å². The fourth-order valence-electron chi connectivity index (χ4n) is 2.65. The van der Waals surface area contributed by atoms with E-state index in [4.69, 9.17) is 10.5 Å². The van der Waals surface area contributed by atoms with Gasteiger partial charge >= 0.3 is 0 Å². The number of hydrogen-bond acceptors (Lipinski definition) is 2. The van der Waals surface area contributed by atoms with Crippen LogP contribution in [-0.4, -0.2) is 18.6 Å². The van der Waals surface area contributed by atoms with Gasteiger partial charge in [0.2, 0.25) is 0 Å². The van der Waals surface area contributed by atoms with Crippen LogP contribution in [0.2, 0.25) is 0 Å². The van der Waals surface area contributed by atoms with E-state index in [1.54, 1.807) is 0 Å². The monoisotopic (exact) mass is 303 g/mol. The van der Waals surface area contributed by atoms with Crippen LogP contribution in [0.5, 0.6) is 5.75 Å². The summed E-state index contributed by atoms with van der Waals surface area (Å²) in [6, 6.07) is 8.14. The molecular formula is C18H29N3O. The highest BCUT2D eigenvalue weighted by Gasteiger charge is 2.17. The first-order valence-electron chi connectivity index (χ1n) is 8.43. The van der Waals surface area contributed by atoms with Gasteiger partial charge in [-0.2, -0.15) is 0 Å². The number of aliphatic imine (C=N–C) groups is 1. The van der Waals surface area contributed by atoms with E-state index in [9.17, 15) is 0 Å². The Morgan fingerprint density at radius 1 is 1.32 bits per heavy atom. The Morgan fingerprint density at radius 2 is 2.05 bits per heavy atom. The van der Waals surface area contributed by atoms with Crippen molar-refractivity contribution in [1.29, 1.82) is 0 Å². The van der Waals surface area contributed by atoms with Crippen LogP contribution in [0, 0.1) is 5.92 Å². The van der Waals surface area contributed by atoms with Crippen molar-refractivity contribution >= 4 is 5.96 Å². The number of benzene rings is 1. The molecule has 22 heavy (non-hydrogen) atoms. The SMILES string of the molecule is CC(C)CCNC(N)=NCc1ccccc1OC1CCCC1. The first-order chi connectivity index (χ1) is 10.6. The van der Waals surface area contributed by atoms with E-state index in [0.29, 0.717) is 24.5 Å². The average Bonchev–Trinajstić information content (AvgIpc) is 2.99. The molecule has 4 nitrogen and oxygen atoms in total. The van der Waals surface area contributed by atoms with Gasteiger partial charge in [0.1, 0.15) is 5.75 Å². The molecule has 0 unspecified atom stereocenters. The molecule has 0 bridgehead atoms. The predicted molar refractivity (Wildman–Crippen MR) is 92.1 cm³/mol. The zero-order chi connectivity index (χ0) is 15.8. The third-order valence-corrected chi connectivity index (χ3v) is 4.02. The lowest BCUT2D eigenvalue weighted by atomic mass is 10.1. The van der Waals surface area contributed by atoms with E-state index < -0.39 is 0 Å². The molecule has 4 heteroatoms. The van der Waals surface area contributed by atoms with Crippen LogP contribution in [0.15, 0.2) is 29.3 Å². The second-order valence-electron chi connectivity index (χ2n) is 6.44. The van der Waals surface area contributed by atoms with E-state index in [1.807, 2.05) is 18.2 Å². The molecule has 0 amide bonds. The number of guanidine groups is 1. The first-order valence-corrected chi connectivity index (χ1v) is 8.43. The molecule has 0 saturated heterocycles. The number of nitrogens with two attached hydrogens (primary N) is 1. The number of nitrogens with one attached hydrogen (secondary N) is 1. The van der Waals surface area contributed by atoms with Gasteiger partial charge in [0.25, 0.3) is 0 Å². The predicted octanol–water partition coefficient (Wildman–Crippen LogP) is 3.46. The summed E-state index contributed by atoms with van der Waals surface area (Å²) >= 11 is 0. The number of hydrogen-bond donors (Lipinski definition) is 2. The summed E-state index contributed by atoms with van der Waals surface area (Å²) in [5, 5.41) is 3.16. The number of nitrogens with zero attached hydrogens (tertiary/aromatic N) is 1. The molecule has 1 aliphatic carbocycles. The van der Waals surface area contributed by atoms with Crippen LogP contribution in [0.1, 0.15) is 51.5 Å². The van der Waals surface area contributed by atoms with Gasteiger partial charge in [-0.3, -0.25) is 0 Å². The van der Waals surface area contributed by atoms with Gasteiger partial charge in [-0.05, 0) is 44.1 Å². The van der Waals surface area contributed by atoms with Crippen LogP contribution in [0.3, 0.4) is 0 Å². The van der Waals surface area contributed by atoms with Crippen LogP contribution in [0.4, 0.5) is 0 Å². The molecule has 122 valence electrons. The quantitative estimate of drug-likeness (QED) is 0.599. The second-order valence-corrected chi connectivity index (χ2v) is 6.44. The maximum absolute atomic E-state index is 6.12. The van der Waals surface area contributed by atoms with Crippen molar-refractivity contribution in [2.45, 2.75) is 58.6 Å². The maximum atomic E-state index is 6.12. The van der Waals surface area contributed by atoms with Crippen molar-refractivity contribution in [3.8, 4) is 5.75 Å². The lowest BCUT2D eigenvalue weighted by Crippen LogP contribution is -2.32. The molecule has 1 aromatic rings. The van der Waals surface area contributed by atoms with Crippen molar-refractivity contribution < 1.29 is 4.74 Å². The normalized spacial score (nSPS) is 16.2. The summed E-state index contributed by atoms with van der Waals surface area (Å²) in [4.78, 5) is 4.43. The molecule has 2 rings (SSSR count). The van der Waals surface area contributed by atoms with Gasteiger partial charge in [0, 0.05) is 12.1 Å². The summed E-state index contributed by atoms with van der Waals surface area (Å²) in [5.74, 6) is 2.13. The number of ether oxygens (including phenoxy) is 1. The molecular weight excluding hydrogens is 274 g/mol. The van der Waals surface area contributed by atoms with Gasteiger partial charge in [-0.1, -0.05) is 32.0 Å². The molecule has 0 aromatic heterocycles. The van der Waals surface area contributed by atoms with E-state index in [2.05, 4.69) is 30.2 Å². The highest BCUT2D eigenvalue weighted by Crippen LogP contribution is 2.26. The zero-order valence-electron chi connectivity index (χ0n) is 13.8. The average molecular weight is 303 g/mol. The smallest absolute Gasteiger partial charge is 0.188 e. The number of rotatable bonds is 7. The molecule has 1 aromatic carbocycles. The molecule has 0 heterocycles. The largest absolute Gasteiger partial charge is 0.490 e. The Balaban J connectivity index is 1.88. The van der Waals surface area contributed by atoms with Crippen molar-refractivity contribution in [1.82, 2.24) is 5.32 Å². The van der Waals surface area contributed by atoms with Crippen LogP contribution in [0.25, 0.3) is 0 Å². The Hall–Kier alpha value is -1.71. The van der Waals surface area contributed by atoms with Gasteiger partial charge in [0.15, 0.2) is 5.96 Å². The Labute approximate surface area is 134 Å². The molecule has 0 atom stereocenters. The molecule has 0 radical (unpaired) electrons. The molecule has 1 fully saturated rings. The van der Waals surface area contributed by atoms with E-state index >= 15 is 0 Å². The lowest BCUT2D eigenvalue weighted by molar-refractivity contribution is 0.208. The van der Waals surface area contributed by atoms with Gasteiger partial charge in [-0.15, -0.1) is 0 Å². The Kier molecular flexibility index (Phi) is 6.56. The van der Waals surface area contributed by atoms with E-state index in [1.165, 1.54) is 12.8 Å². The third kappa shape index (κ3) is 5.58. The molecule has 1 saturated carbocycles. The molecule has 1 aliphatic rings. The zero-order valence-corrected chi connectivity index (χ0v) is 13.8. The molecule has 0 aliphatic heterocycles. The Bertz CT molecular complexity index is 479. The summed E-state index contributed by atoms with van der Waals surface area (Å²) in [7, 11) is 0. The van der Waals surface area contributed by atoms with E-state index in [0.717, 1.165) is 37.1 Å². The van der Waals surface area contributed by atoms with Crippen LogP contribution < -0.4 is 15.8 Å². The number of para-hydroxylation sites is 1. The second kappa shape index (κ2) is 8.66. The van der Waals surface area contributed by atoms with Gasteiger partial charge in [0.05, 0.1) is 12.6 Å². The standard InChI is InChI=1S/C18H29N3O/c1-14(2)11-12-20-18(19)21-13-15-7-3-6-10-17(15)22-16-8-4-5-9-16/h3,6-7,10,14,16H,4-5,8-9,11-13H2,1-2H3,(H3,19,20,21). The van der Waals surface area contributed by atoms with Gasteiger partial charge < -0.3 is 15.8 Å². The highest BCUT2D eigenvalue weighted by molar-refractivity contribution is 5.77. The van der Waals surface area contributed by atoms with Crippen molar-refractivity contribution in [2.24, 2.45) is 16.6 Å². The molecule has 3 N–H and O–H groups in total. The fraction of sp³-hybridized carbons (Fsp3) is 0.611. The third-order valence-electron chi connectivity index (χ3n) is 4.02. The fourth-order valence-corrected chi connectivity index (χ4v) is 2.65. The molecule has 0 spiro atoms. The lowest BCUT2D eigenvalue weighted by Gasteiger charge is -2.16. The van der Waals surface area contributed by atoms with Crippen molar-refractivity contribution in [3.05, 3.63) is 29.8 Å². The minimum atomic E-state index is 0.367. The summed E-state index contributed by atoms with van der Waals surface area (Å²) in [6.07, 6.45) is 6.34. The maximum Gasteiger partial charge on any atom is 0.188 e. The van der Waals surface area contributed by atoms with E-state index in [-0.39, 0.29) is 0 Å². The highest BCUT2D eigenvalue weighted by atomic mass is 16.5. The Morgan fingerprint density at radius 3 is 2.77 bits per heavy atom. The summed E-state index contributed by atoms with van der Waals surface area (Å²) in [5.41, 5.74) is 7.02. The summed E-state index contributed by atoms with van der Waals surface area (Å²) < 4.78 is 6.12.